The third-order valence-electron chi connectivity index (χ3n) is 4.09. The number of ether oxygens (including phenoxy) is 1. The summed E-state index contributed by atoms with van der Waals surface area (Å²) in [6.45, 7) is 11.9. The van der Waals surface area contributed by atoms with Crippen molar-refractivity contribution >= 4 is 29.4 Å². The molecule has 8 nitrogen and oxygen atoms in total. The lowest BCUT2D eigenvalue weighted by Crippen LogP contribution is -2.35. The van der Waals surface area contributed by atoms with Gasteiger partial charge in [-0.2, -0.15) is 4.98 Å². The molecule has 0 saturated heterocycles. The first kappa shape index (κ1) is 20.9. The first-order chi connectivity index (χ1) is 12.8. The molecule has 0 aromatic carbocycles. The van der Waals surface area contributed by atoms with Crippen molar-refractivity contribution in [3.63, 3.8) is 0 Å². The number of hydrogen-bond acceptors (Lipinski definition) is 7. The molecule has 0 saturated carbocycles. The van der Waals surface area contributed by atoms with Gasteiger partial charge in [-0.15, -0.1) is 5.10 Å². The maximum absolute atomic E-state index is 12.3. The Morgan fingerprint density at radius 2 is 2.00 bits per heavy atom. The predicted octanol–water partition coefficient (Wildman–Crippen LogP) is 1.97. The molecule has 9 heteroatoms. The van der Waals surface area contributed by atoms with Gasteiger partial charge in [-0.3, -0.25) is 9.59 Å². The number of carbonyl (C=O) groups excluding carboxylic acids is 2. The molecule has 2 aromatic heterocycles. The molecule has 0 aliphatic carbocycles. The number of amides is 1. The molecule has 0 aliphatic rings. The van der Waals surface area contributed by atoms with E-state index in [2.05, 4.69) is 21.6 Å². The second-order valence-electron chi connectivity index (χ2n) is 6.27. The van der Waals surface area contributed by atoms with Gasteiger partial charge in [0.25, 0.3) is 11.7 Å². The first-order valence-electron chi connectivity index (χ1n) is 8.61. The van der Waals surface area contributed by atoms with Crippen molar-refractivity contribution in [1.29, 1.82) is 0 Å². The molecule has 2 aromatic rings. The van der Waals surface area contributed by atoms with Gasteiger partial charge in [-0.1, -0.05) is 23.9 Å². The molecule has 2 heterocycles. The summed E-state index contributed by atoms with van der Waals surface area (Å²) in [6, 6.07) is 0. The Kier molecular flexibility index (Phi) is 6.95. The average Bonchev–Trinajstić information content (AvgIpc) is 3.04. The lowest BCUT2D eigenvalue weighted by molar-refractivity contribution is -0.151. The molecule has 0 N–H and O–H groups in total. The van der Waals surface area contributed by atoms with Crippen molar-refractivity contribution in [1.82, 2.24) is 24.5 Å². The standard InChI is InChI=1S/C18H25N5O3S/c1-7-22(9-11(2)3)15(24)10-26-16(25)8-14-12(4)19-17-20-18(27-6)21-23(17)13(14)5/h2,7-10H2,1,3-6H3. The molecule has 0 radical (unpaired) electrons. The summed E-state index contributed by atoms with van der Waals surface area (Å²) in [5, 5.41) is 4.98. The van der Waals surface area contributed by atoms with Crippen LogP contribution in [0.5, 0.6) is 0 Å². The number of rotatable bonds is 8. The Balaban J connectivity index is 2.07. The summed E-state index contributed by atoms with van der Waals surface area (Å²) < 4.78 is 6.81. The van der Waals surface area contributed by atoms with Gasteiger partial charge in [-0.25, -0.2) is 9.50 Å². The fraction of sp³-hybridized carbons (Fsp3) is 0.500. The Morgan fingerprint density at radius 1 is 1.30 bits per heavy atom. The second-order valence-corrected chi connectivity index (χ2v) is 7.05. The van der Waals surface area contributed by atoms with Crippen LogP contribution in [-0.2, 0) is 20.7 Å². The quantitative estimate of drug-likeness (QED) is 0.386. The molecule has 27 heavy (non-hydrogen) atoms. The number of aryl methyl sites for hydroxylation is 2. The summed E-state index contributed by atoms with van der Waals surface area (Å²) >= 11 is 1.43. The zero-order valence-corrected chi connectivity index (χ0v) is 17.2. The average molecular weight is 391 g/mol. The van der Waals surface area contributed by atoms with Crippen LogP contribution in [0.2, 0.25) is 0 Å². The number of nitrogens with zero attached hydrogens (tertiary/aromatic N) is 5. The van der Waals surface area contributed by atoms with E-state index in [1.807, 2.05) is 34.0 Å². The number of esters is 1. The Bertz CT molecular complexity index is 877. The highest BCUT2D eigenvalue weighted by Crippen LogP contribution is 2.17. The zero-order valence-electron chi connectivity index (χ0n) is 16.4. The van der Waals surface area contributed by atoms with Crippen LogP contribution in [0, 0.1) is 13.8 Å². The Hall–Kier alpha value is -2.42. The number of hydrogen-bond donors (Lipinski definition) is 0. The van der Waals surface area contributed by atoms with Crippen LogP contribution in [0.25, 0.3) is 5.78 Å². The highest BCUT2D eigenvalue weighted by molar-refractivity contribution is 7.98. The predicted molar refractivity (Wildman–Crippen MR) is 104 cm³/mol. The van der Waals surface area contributed by atoms with Gasteiger partial charge in [-0.05, 0) is 34.0 Å². The second kappa shape index (κ2) is 8.98. The van der Waals surface area contributed by atoms with Crippen LogP contribution in [0.3, 0.4) is 0 Å². The minimum atomic E-state index is -0.479. The largest absolute Gasteiger partial charge is 0.455 e. The topological polar surface area (TPSA) is 89.7 Å². The van der Waals surface area contributed by atoms with Crippen LogP contribution in [-0.4, -0.2) is 62.3 Å². The molecule has 0 unspecified atom stereocenters. The highest BCUT2D eigenvalue weighted by atomic mass is 32.2. The lowest BCUT2D eigenvalue weighted by atomic mass is 10.1. The van der Waals surface area contributed by atoms with E-state index >= 15 is 0 Å². The maximum Gasteiger partial charge on any atom is 0.310 e. The van der Waals surface area contributed by atoms with Crippen molar-refractivity contribution in [3.05, 3.63) is 29.1 Å². The third-order valence-corrected chi connectivity index (χ3v) is 4.62. The van der Waals surface area contributed by atoms with Crippen LogP contribution < -0.4 is 0 Å². The lowest BCUT2D eigenvalue weighted by Gasteiger charge is -2.20. The number of fused-ring (bicyclic) bond motifs is 1. The van der Waals surface area contributed by atoms with Crippen molar-refractivity contribution in [2.24, 2.45) is 0 Å². The van der Waals surface area contributed by atoms with Crippen LogP contribution in [0.15, 0.2) is 17.3 Å². The Labute approximate surface area is 163 Å². The third kappa shape index (κ3) is 5.06. The maximum atomic E-state index is 12.3. The van der Waals surface area contributed by atoms with Gasteiger partial charge in [0.05, 0.1) is 6.42 Å². The van der Waals surface area contributed by atoms with Crippen LogP contribution >= 0.6 is 11.8 Å². The molecular weight excluding hydrogens is 366 g/mol. The number of likely N-dealkylation sites (N-methyl/N-ethyl adjacent to an activating group) is 1. The van der Waals surface area contributed by atoms with Crippen LogP contribution in [0.4, 0.5) is 0 Å². The summed E-state index contributed by atoms with van der Waals surface area (Å²) in [7, 11) is 0. The zero-order chi connectivity index (χ0) is 20.1. The summed E-state index contributed by atoms with van der Waals surface area (Å²) in [4.78, 5) is 34.8. The van der Waals surface area contributed by atoms with E-state index in [1.54, 1.807) is 9.42 Å². The fourth-order valence-corrected chi connectivity index (χ4v) is 3.00. The van der Waals surface area contributed by atoms with Crippen LogP contribution in [0.1, 0.15) is 30.8 Å². The smallest absolute Gasteiger partial charge is 0.310 e. The number of carbonyl (C=O) groups is 2. The van der Waals surface area contributed by atoms with E-state index in [1.165, 1.54) is 11.8 Å². The summed E-state index contributed by atoms with van der Waals surface area (Å²) in [5.41, 5.74) is 3.08. The van der Waals surface area contributed by atoms with E-state index < -0.39 is 5.97 Å². The molecule has 0 atom stereocenters. The van der Waals surface area contributed by atoms with E-state index in [4.69, 9.17) is 4.74 Å². The molecule has 0 aliphatic heterocycles. The number of aromatic nitrogens is 4. The molecule has 146 valence electrons. The van der Waals surface area contributed by atoms with Gasteiger partial charge >= 0.3 is 5.97 Å². The SMILES string of the molecule is C=C(C)CN(CC)C(=O)COC(=O)Cc1c(C)nc2nc(SC)nn2c1C. The van der Waals surface area contributed by atoms with E-state index in [-0.39, 0.29) is 18.9 Å². The minimum Gasteiger partial charge on any atom is -0.455 e. The van der Waals surface area contributed by atoms with Crippen molar-refractivity contribution < 1.29 is 14.3 Å². The molecule has 0 fully saturated rings. The van der Waals surface area contributed by atoms with Crippen molar-refractivity contribution in [3.8, 4) is 0 Å². The highest BCUT2D eigenvalue weighted by Gasteiger charge is 2.18. The van der Waals surface area contributed by atoms with Gasteiger partial charge in [0.2, 0.25) is 5.16 Å². The van der Waals surface area contributed by atoms with E-state index in [9.17, 15) is 9.59 Å². The van der Waals surface area contributed by atoms with E-state index in [0.29, 0.717) is 29.7 Å². The van der Waals surface area contributed by atoms with Crippen molar-refractivity contribution in [2.45, 2.75) is 39.3 Å². The minimum absolute atomic E-state index is 0.0228. The van der Waals surface area contributed by atoms with Gasteiger partial charge in [0, 0.05) is 30.0 Å². The summed E-state index contributed by atoms with van der Waals surface area (Å²) in [5.74, 6) is -0.218. The monoisotopic (exact) mass is 391 g/mol. The van der Waals surface area contributed by atoms with Gasteiger partial charge < -0.3 is 9.64 Å². The normalized spacial score (nSPS) is 10.9. The molecular formula is C18H25N5O3S. The first-order valence-corrected chi connectivity index (χ1v) is 9.83. The molecule has 0 spiro atoms. The molecule has 0 bridgehead atoms. The van der Waals surface area contributed by atoms with Crippen molar-refractivity contribution in [2.75, 3.05) is 26.0 Å². The van der Waals surface area contributed by atoms with Gasteiger partial charge in [0.15, 0.2) is 6.61 Å². The van der Waals surface area contributed by atoms with E-state index in [0.717, 1.165) is 16.8 Å². The van der Waals surface area contributed by atoms with Gasteiger partial charge in [0.1, 0.15) is 0 Å². The Morgan fingerprint density at radius 3 is 2.59 bits per heavy atom. The fourth-order valence-electron chi connectivity index (χ4n) is 2.66. The molecule has 1 amide bonds. The summed E-state index contributed by atoms with van der Waals surface area (Å²) in [6.07, 6.45) is 1.91. The molecule has 2 rings (SSSR count). The number of thioether (sulfide) groups is 1.